The average Bonchev–Trinajstić information content (AvgIpc) is 2.64. The molecule has 0 aromatic heterocycles. The van der Waals surface area contributed by atoms with Gasteiger partial charge in [-0.05, 0) is 62.0 Å². The van der Waals surface area contributed by atoms with E-state index >= 15 is 0 Å². The summed E-state index contributed by atoms with van der Waals surface area (Å²) in [6, 6.07) is 6.40. The van der Waals surface area contributed by atoms with Crippen LogP contribution in [0.25, 0.3) is 0 Å². The van der Waals surface area contributed by atoms with Gasteiger partial charge in [-0.2, -0.15) is 0 Å². The number of benzene rings is 1. The fourth-order valence-electron chi connectivity index (χ4n) is 2.96. The Labute approximate surface area is 149 Å². The van der Waals surface area contributed by atoms with Crippen molar-refractivity contribution in [1.82, 2.24) is 16.0 Å². The molecule has 1 atom stereocenters. The van der Waals surface area contributed by atoms with E-state index in [0.29, 0.717) is 23.8 Å². The van der Waals surface area contributed by atoms with Gasteiger partial charge in [0, 0.05) is 12.1 Å². The summed E-state index contributed by atoms with van der Waals surface area (Å²) in [6.07, 6.45) is 1.76. The SMILES string of the molecule is COc1ccc(C(=O)NC(C(=O)NCC(C)C)C2CCNCC2)cc1. The van der Waals surface area contributed by atoms with Gasteiger partial charge in [0.05, 0.1) is 7.11 Å². The molecule has 6 nitrogen and oxygen atoms in total. The number of hydrogen-bond donors (Lipinski definition) is 3. The third kappa shape index (κ3) is 5.74. The molecule has 1 fully saturated rings. The molecule has 138 valence electrons. The average molecular weight is 347 g/mol. The molecule has 1 unspecified atom stereocenters. The molecular formula is C19H29N3O3. The van der Waals surface area contributed by atoms with Crippen LogP contribution in [0.5, 0.6) is 5.75 Å². The normalized spacial score (nSPS) is 16.3. The second-order valence-electron chi connectivity index (χ2n) is 6.91. The third-order valence-corrected chi connectivity index (χ3v) is 4.46. The zero-order chi connectivity index (χ0) is 18.2. The van der Waals surface area contributed by atoms with Crippen LogP contribution in [-0.4, -0.2) is 44.6 Å². The highest BCUT2D eigenvalue weighted by atomic mass is 16.5. The molecule has 2 amide bonds. The fraction of sp³-hybridized carbons (Fsp3) is 0.579. The first-order chi connectivity index (χ1) is 12.0. The van der Waals surface area contributed by atoms with Crippen molar-refractivity contribution < 1.29 is 14.3 Å². The first-order valence-electron chi connectivity index (χ1n) is 8.94. The first kappa shape index (κ1) is 19.2. The molecule has 0 bridgehead atoms. The predicted octanol–water partition coefficient (Wildman–Crippen LogP) is 1.57. The molecule has 1 aromatic rings. The fourth-order valence-corrected chi connectivity index (χ4v) is 2.96. The van der Waals surface area contributed by atoms with Crippen LogP contribution < -0.4 is 20.7 Å². The number of methoxy groups -OCH3 is 1. The smallest absolute Gasteiger partial charge is 0.251 e. The minimum atomic E-state index is -0.504. The summed E-state index contributed by atoms with van der Waals surface area (Å²) in [5.41, 5.74) is 0.524. The summed E-state index contributed by atoms with van der Waals surface area (Å²) < 4.78 is 5.11. The van der Waals surface area contributed by atoms with Gasteiger partial charge < -0.3 is 20.7 Å². The molecule has 3 N–H and O–H groups in total. The largest absolute Gasteiger partial charge is 0.497 e. The lowest BCUT2D eigenvalue weighted by atomic mass is 9.89. The minimum Gasteiger partial charge on any atom is -0.497 e. The lowest BCUT2D eigenvalue weighted by Crippen LogP contribution is -2.53. The van der Waals surface area contributed by atoms with Gasteiger partial charge in [-0.1, -0.05) is 13.8 Å². The van der Waals surface area contributed by atoms with Crippen molar-refractivity contribution >= 4 is 11.8 Å². The van der Waals surface area contributed by atoms with E-state index < -0.39 is 6.04 Å². The molecule has 0 saturated carbocycles. The molecule has 0 radical (unpaired) electrons. The van der Waals surface area contributed by atoms with Gasteiger partial charge in [-0.25, -0.2) is 0 Å². The van der Waals surface area contributed by atoms with Crippen LogP contribution in [0.2, 0.25) is 0 Å². The van der Waals surface area contributed by atoms with Crippen molar-refractivity contribution in [3.05, 3.63) is 29.8 Å². The molecule has 2 rings (SSSR count). The lowest BCUT2D eigenvalue weighted by molar-refractivity contribution is -0.124. The number of ether oxygens (including phenoxy) is 1. The molecule has 1 saturated heterocycles. The molecular weight excluding hydrogens is 318 g/mol. The quantitative estimate of drug-likeness (QED) is 0.699. The van der Waals surface area contributed by atoms with Gasteiger partial charge in [-0.15, -0.1) is 0 Å². The van der Waals surface area contributed by atoms with E-state index in [0.717, 1.165) is 25.9 Å². The Hall–Kier alpha value is -2.08. The van der Waals surface area contributed by atoms with Crippen LogP contribution in [0.3, 0.4) is 0 Å². The maximum absolute atomic E-state index is 12.6. The number of carbonyl (C=O) groups is 2. The molecule has 0 spiro atoms. The molecule has 0 aliphatic carbocycles. The number of piperidine rings is 1. The van der Waals surface area contributed by atoms with Gasteiger partial charge in [0.15, 0.2) is 0 Å². The van der Waals surface area contributed by atoms with Crippen LogP contribution in [0.4, 0.5) is 0 Å². The highest BCUT2D eigenvalue weighted by Crippen LogP contribution is 2.18. The van der Waals surface area contributed by atoms with Crippen molar-refractivity contribution in [2.45, 2.75) is 32.7 Å². The number of hydrogen-bond acceptors (Lipinski definition) is 4. The number of carbonyl (C=O) groups excluding carboxylic acids is 2. The molecule has 6 heteroatoms. The Kier molecular flexibility index (Phi) is 7.25. The van der Waals surface area contributed by atoms with E-state index in [4.69, 9.17) is 4.74 Å². The maximum Gasteiger partial charge on any atom is 0.251 e. The topological polar surface area (TPSA) is 79.5 Å². The molecule has 1 aliphatic rings. The Morgan fingerprint density at radius 1 is 1.20 bits per heavy atom. The number of amides is 2. The van der Waals surface area contributed by atoms with Crippen molar-refractivity contribution in [2.24, 2.45) is 11.8 Å². The zero-order valence-corrected chi connectivity index (χ0v) is 15.3. The first-order valence-corrected chi connectivity index (χ1v) is 8.94. The highest BCUT2D eigenvalue weighted by molar-refractivity contribution is 5.97. The van der Waals surface area contributed by atoms with Crippen molar-refractivity contribution in [3.63, 3.8) is 0 Å². The second-order valence-corrected chi connectivity index (χ2v) is 6.91. The number of rotatable bonds is 7. The Morgan fingerprint density at radius 2 is 1.84 bits per heavy atom. The van der Waals surface area contributed by atoms with Crippen LogP contribution in [0.1, 0.15) is 37.0 Å². The number of nitrogens with one attached hydrogen (secondary N) is 3. The third-order valence-electron chi connectivity index (χ3n) is 4.46. The molecule has 1 heterocycles. The van der Waals surface area contributed by atoms with E-state index in [9.17, 15) is 9.59 Å². The highest BCUT2D eigenvalue weighted by Gasteiger charge is 2.31. The van der Waals surface area contributed by atoms with Crippen molar-refractivity contribution in [1.29, 1.82) is 0 Å². The Balaban J connectivity index is 2.07. The summed E-state index contributed by atoms with van der Waals surface area (Å²) in [4.78, 5) is 25.2. The van der Waals surface area contributed by atoms with Crippen molar-refractivity contribution in [2.75, 3.05) is 26.7 Å². The Morgan fingerprint density at radius 3 is 2.40 bits per heavy atom. The zero-order valence-electron chi connectivity index (χ0n) is 15.3. The molecule has 1 aliphatic heterocycles. The van der Waals surface area contributed by atoms with E-state index in [2.05, 4.69) is 29.8 Å². The molecule has 25 heavy (non-hydrogen) atoms. The van der Waals surface area contributed by atoms with Crippen molar-refractivity contribution in [3.8, 4) is 5.75 Å². The van der Waals surface area contributed by atoms with Gasteiger partial charge in [0.25, 0.3) is 5.91 Å². The van der Waals surface area contributed by atoms with Crippen LogP contribution >= 0.6 is 0 Å². The van der Waals surface area contributed by atoms with Gasteiger partial charge in [0.2, 0.25) is 5.91 Å². The summed E-state index contributed by atoms with van der Waals surface area (Å²) >= 11 is 0. The lowest BCUT2D eigenvalue weighted by Gasteiger charge is -2.30. The van der Waals surface area contributed by atoms with E-state index in [-0.39, 0.29) is 17.7 Å². The van der Waals surface area contributed by atoms with E-state index in [1.54, 1.807) is 31.4 Å². The Bertz CT molecular complexity index is 566. The summed E-state index contributed by atoms with van der Waals surface area (Å²) in [7, 11) is 1.58. The maximum atomic E-state index is 12.6. The van der Waals surface area contributed by atoms with Crippen LogP contribution in [-0.2, 0) is 4.79 Å². The van der Waals surface area contributed by atoms with E-state index in [1.807, 2.05) is 0 Å². The van der Waals surface area contributed by atoms with Gasteiger partial charge in [-0.3, -0.25) is 9.59 Å². The minimum absolute atomic E-state index is 0.0949. The van der Waals surface area contributed by atoms with Gasteiger partial charge in [0.1, 0.15) is 11.8 Å². The monoisotopic (exact) mass is 347 g/mol. The summed E-state index contributed by atoms with van der Waals surface area (Å²) in [5, 5.41) is 9.20. The summed E-state index contributed by atoms with van der Waals surface area (Å²) in [5.74, 6) is 0.889. The predicted molar refractivity (Wildman–Crippen MR) is 97.7 cm³/mol. The van der Waals surface area contributed by atoms with Crippen LogP contribution in [0, 0.1) is 11.8 Å². The standard InChI is InChI=1S/C19H29N3O3/c1-13(2)12-21-19(24)17(14-8-10-20-11-9-14)22-18(23)15-4-6-16(25-3)7-5-15/h4-7,13-14,17,20H,8-12H2,1-3H3,(H,21,24)(H,22,23). The van der Waals surface area contributed by atoms with E-state index in [1.165, 1.54) is 0 Å². The van der Waals surface area contributed by atoms with Crippen LogP contribution in [0.15, 0.2) is 24.3 Å². The second kappa shape index (κ2) is 9.42. The molecule has 1 aromatic carbocycles. The summed E-state index contributed by atoms with van der Waals surface area (Å²) in [6.45, 7) is 6.46. The van der Waals surface area contributed by atoms with Gasteiger partial charge >= 0.3 is 0 Å².